The van der Waals surface area contributed by atoms with Crippen molar-refractivity contribution in [2.75, 3.05) is 19.6 Å². The summed E-state index contributed by atoms with van der Waals surface area (Å²) in [6, 6.07) is 9.71. The molecule has 6 heteroatoms. The van der Waals surface area contributed by atoms with Crippen molar-refractivity contribution in [3.05, 3.63) is 46.2 Å². The zero-order valence-corrected chi connectivity index (χ0v) is 14.1. The molecule has 5 nitrogen and oxygen atoms in total. The average Bonchev–Trinajstić information content (AvgIpc) is 3.14. The Hall–Kier alpha value is -1.66. The van der Waals surface area contributed by atoms with Crippen LogP contribution in [0.1, 0.15) is 22.6 Å². The lowest BCUT2D eigenvalue weighted by molar-refractivity contribution is 0.0781. The van der Waals surface area contributed by atoms with Gasteiger partial charge in [-0.3, -0.25) is 4.79 Å². The first kappa shape index (κ1) is 15.2. The summed E-state index contributed by atoms with van der Waals surface area (Å²) in [4.78, 5) is 14.4. The Bertz CT molecular complexity index is 680. The average molecular weight is 363 g/mol. The van der Waals surface area contributed by atoms with Crippen molar-refractivity contribution >= 4 is 21.8 Å². The lowest BCUT2D eigenvalue weighted by atomic mass is 10.1. The molecular weight excluding hydrogens is 344 g/mol. The number of hydrogen-bond donors (Lipinski definition) is 1. The SMILES string of the molecule is Cc1cc(C(=O)N2CCC(CN)C2)nn1-c1ccc(Br)cc1. The third kappa shape index (κ3) is 2.94. The molecule has 1 aliphatic rings. The monoisotopic (exact) mass is 362 g/mol. The highest BCUT2D eigenvalue weighted by atomic mass is 79.9. The fourth-order valence-electron chi connectivity index (χ4n) is 2.79. The number of aryl methyl sites for hydroxylation is 1. The highest BCUT2D eigenvalue weighted by Crippen LogP contribution is 2.20. The van der Waals surface area contributed by atoms with Crippen LogP contribution in [-0.2, 0) is 0 Å². The molecule has 3 rings (SSSR count). The molecule has 1 amide bonds. The number of nitrogens with two attached hydrogens (primary N) is 1. The molecule has 22 heavy (non-hydrogen) atoms. The third-order valence-corrected chi connectivity index (χ3v) is 4.61. The molecule has 1 aromatic heterocycles. The number of hydrogen-bond acceptors (Lipinski definition) is 3. The summed E-state index contributed by atoms with van der Waals surface area (Å²) in [5.41, 5.74) is 8.08. The van der Waals surface area contributed by atoms with E-state index in [0.29, 0.717) is 18.2 Å². The molecule has 0 saturated carbocycles. The summed E-state index contributed by atoms with van der Waals surface area (Å²) in [6.45, 7) is 4.10. The van der Waals surface area contributed by atoms with Gasteiger partial charge in [-0.15, -0.1) is 0 Å². The second kappa shape index (κ2) is 6.22. The lowest BCUT2D eigenvalue weighted by Crippen LogP contribution is -2.30. The minimum atomic E-state index is -0.00471. The normalized spacial score (nSPS) is 18.0. The zero-order valence-electron chi connectivity index (χ0n) is 12.5. The van der Waals surface area contributed by atoms with Crippen molar-refractivity contribution in [1.29, 1.82) is 0 Å². The number of carbonyl (C=O) groups is 1. The Morgan fingerprint density at radius 1 is 1.41 bits per heavy atom. The van der Waals surface area contributed by atoms with Gasteiger partial charge in [0.15, 0.2) is 5.69 Å². The van der Waals surface area contributed by atoms with Gasteiger partial charge in [-0.1, -0.05) is 15.9 Å². The first-order chi connectivity index (χ1) is 10.6. The standard InChI is InChI=1S/C16H19BrN4O/c1-11-8-15(16(22)20-7-6-12(9-18)10-20)19-21(11)14-4-2-13(17)3-5-14/h2-5,8,12H,6-7,9-10,18H2,1H3. The predicted octanol–water partition coefficient (Wildman–Crippen LogP) is 2.36. The summed E-state index contributed by atoms with van der Waals surface area (Å²) in [7, 11) is 0. The van der Waals surface area contributed by atoms with E-state index in [2.05, 4.69) is 21.0 Å². The van der Waals surface area contributed by atoms with Gasteiger partial charge in [0.25, 0.3) is 5.91 Å². The third-order valence-electron chi connectivity index (χ3n) is 4.08. The quantitative estimate of drug-likeness (QED) is 0.911. The predicted molar refractivity (Wildman–Crippen MR) is 89.1 cm³/mol. The summed E-state index contributed by atoms with van der Waals surface area (Å²) in [6.07, 6.45) is 0.981. The summed E-state index contributed by atoms with van der Waals surface area (Å²) >= 11 is 3.42. The van der Waals surface area contributed by atoms with Crippen LogP contribution in [0.5, 0.6) is 0 Å². The first-order valence-corrected chi connectivity index (χ1v) is 8.19. The highest BCUT2D eigenvalue weighted by Gasteiger charge is 2.27. The molecule has 1 saturated heterocycles. The maximum absolute atomic E-state index is 12.6. The van der Waals surface area contributed by atoms with Crippen LogP contribution in [-0.4, -0.2) is 40.2 Å². The van der Waals surface area contributed by atoms with E-state index in [4.69, 9.17) is 5.73 Å². The maximum atomic E-state index is 12.6. The van der Waals surface area contributed by atoms with Crippen molar-refractivity contribution < 1.29 is 4.79 Å². The van der Waals surface area contributed by atoms with Gasteiger partial charge in [0.2, 0.25) is 0 Å². The molecule has 1 fully saturated rings. The molecule has 0 bridgehead atoms. The van der Waals surface area contributed by atoms with Crippen LogP contribution < -0.4 is 5.73 Å². The molecule has 0 radical (unpaired) electrons. The van der Waals surface area contributed by atoms with E-state index < -0.39 is 0 Å². The summed E-state index contributed by atoms with van der Waals surface area (Å²) in [5, 5.41) is 4.48. The number of carbonyl (C=O) groups excluding carboxylic acids is 1. The number of amides is 1. The van der Waals surface area contributed by atoms with Crippen LogP contribution in [0.4, 0.5) is 0 Å². The van der Waals surface area contributed by atoms with Crippen LogP contribution >= 0.6 is 15.9 Å². The van der Waals surface area contributed by atoms with Crippen molar-refractivity contribution in [2.24, 2.45) is 11.7 Å². The molecule has 1 atom stereocenters. The highest BCUT2D eigenvalue weighted by molar-refractivity contribution is 9.10. The number of nitrogens with zero attached hydrogens (tertiary/aromatic N) is 3. The summed E-state index contributed by atoms with van der Waals surface area (Å²) in [5.74, 6) is 0.411. The van der Waals surface area contributed by atoms with Crippen LogP contribution in [0.3, 0.4) is 0 Å². The van der Waals surface area contributed by atoms with E-state index in [1.54, 1.807) is 4.68 Å². The van der Waals surface area contributed by atoms with Crippen molar-refractivity contribution in [1.82, 2.24) is 14.7 Å². The van der Waals surface area contributed by atoms with Gasteiger partial charge >= 0.3 is 0 Å². The molecule has 116 valence electrons. The number of rotatable bonds is 3. The van der Waals surface area contributed by atoms with E-state index in [-0.39, 0.29) is 5.91 Å². The van der Waals surface area contributed by atoms with Gasteiger partial charge in [-0.25, -0.2) is 4.68 Å². The Morgan fingerprint density at radius 3 is 2.77 bits per heavy atom. The fraction of sp³-hybridized carbons (Fsp3) is 0.375. The molecule has 1 aromatic carbocycles. The molecular formula is C16H19BrN4O. The lowest BCUT2D eigenvalue weighted by Gasteiger charge is -2.14. The van der Waals surface area contributed by atoms with Crippen LogP contribution in [0.2, 0.25) is 0 Å². The maximum Gasteiger partial charge on any atom is 0.274 e. The minimum absolute atomic E-state index is 0.00471. The van der Waals surface area contributed by atoms with Crippen molar-refractivity contribution in [2.45, 2.75) is 13.3 Å². The largest absolute Gasteiger partial charge is 0.337 e. The topological polar surface area (TPSA) is 64.2 Å². The number of likely N-dealkylation sites (tertiary alicyclic amines) is 1. The Labute approximate surface area is 138 Å². The van der Waals surface area contributed by atoms with Gasteiger partial charge in [-0.05, 0) is 56.1 Å². The second-order valence-electron chi connectivity index (χ2n) is 5.70. The van der Waals surface area contributed by atoms with Crippen molar-refractivity contribution in [3.63, 3.8) is 0 Å². The number of aromatic nitrogens is 2. The molecule has 0 aliphatic carbocycles. The molecule has 1 unspecified atom stereocenters. The van der Waals surface area contributed by atoms with E-state index >= 15 is 0 Å². The molecule has 0 spiro atoms. The molecule has 1 aliphatic heterocycles. The first-order valence-electron chi connectivity index (χ1n) is 7.40. The van der Waals surface area contributed by atoms with Gasteiger partial charge in [0, 0.05) is 23.3 Å². The molecule has 2 heterocycles. The Balaban J connectivity index is 1.83. The fourth-order valence-corrected chi connectivity index (χ4v) is 3.06. The van der Waals surface area contributed by atoms with Gasteiger partial charge in [0.05, 0.1) is 5.69 Å². The van der Waals surface area contributed by atoms with Crippen molar-refractivity contribution in [3.8, 4) is 5.69 Å². The smallest absolute Gasteiger partial charge is 0.274 e. The minimum Gasteiger partial charge on any atom is -0.337 e. The van der Waals surface area contributed by atoms with Gasteiger partial charge < -0.3 is 10.6 Å². The molecule has 2 aromatic rings. The summed E-state index contributed by atoms with van der Waals surface area (Å²) < 4.78 is 2.82. The van der Waals surface area contributed by atoms with Crippen LogP contribution in [0.15, 0.2) is 34.8 Å². The van der Waals surface area contributed by atoms with Gasteiger partial charge in [-0.2, -0.15) is 5.10 Å². The number of benzene rings is 1. The van der Waals surface area contributed by atoms with Crippen LogP contribution in [0, 0.1) is 12.8 Å². The zero-order chi connectivity index (χ0) is 15.7. The van der Waals surface area contributed by atoms with Crippen LogP contribution in [0.25, 0.3) is 5.69 Å². The molecule has 2 N–H and O–H groups in total. The van der Waals surface area contributed by atoms with E-state index in [1.165, 1.54) is 0 Å². The Morgan fingerprint density at radius 2 is 2.14 bits per heavy atom. The Kier molecular flexibility index (Phi) is 4.31. The van der Waals surface area contributed by atoms with E-state index in [9.17, 15) is 4.79 Å². The van der Waals surface area contributed by atoms with Gasteiger partial charge in [0.1, 0.15) is 0 Å². The van der Waals surface area contributed by atoms with E-state index in [0.717, 1.165) is 35.4 Å². The number of halogens is 1. The second-order valence-corrected chi connectivity index (χ2v) is 6.62. The van der Waals surface area contributed by atoms with E-state index in [1.807, 2.05) is 42.2 Å².